The number of aliphatic hydroxyl groups excluding tert-OH is 1. The molecule has 1 aliphatic heterocycles. The summed E-state index contributed by atoms with van der Waals surface area (Å²) in [5.41, 5.74) is 1.41. The van der Waals surface area contributed by atoms with Crippen molar-refractivity contribution in [1.29, 1.82) is 5.26 Å². The number of benzene rings is 1. The van der Waals surface area contributed by atoms with E-state index in [-0.39, 0.29) is 11.8 Å². The first kappa shape index (κ1) is 16.9. The summed E-state index contributed by atoms with van der Waals surface area (Å²) in [4.78, 5) is 14.4. The zero-order valence-corrected chi connectivity index (χ0v) is 13.9. The topological polar surface area (TPSA) is 76.4 Å². The monoisotopic (exact) mass is 327 g/mol. The Bertz CT molecular complexity index is 604. The maximum absolute atomic E-state index is 12.3. The Labute approximate surface area is 143 Å². The van der Waals surface area contributed by atoms with Gasteiger partial charge in [0.1, 0.15) is 0 Å². The number of nitrogens with one attached hydrogen (secondary N) is 1. The second-order valence-corrected chi connectivity index (χ2v) is 7.04. The number of hydrogen-bond donors (Lipinski definition) is 2. The van der Waals surface area contributed by atoms with Crippen molar-refractivity contribution in [1.82, 2.24) is 10.2 Å². The molecule has 1 aromatic rings. The van der Waals surface area contributed by atoms with Crippen molar-refractivity contribution >= 4 is 5.91 Å². The number of piperidine rings is 1. The van der Waals surface area contributed by atoms with Crippen molar-refractivity contribution in [3.63, 3.8) is 0 Å². The lowest BCUT2D eigenvalue weighted by atomic mass is 9.96. The first-order valence-corrected chi connectivity index (χ1v) is 8.84. The molecule has 1 saturated carbocycles. The zero-order chi connectivity index (χ0) is 16.9. The van der Waals surface area contributed by atoms with Gasteiger partial charge in [-0.05, 0) is 55.8 Å². The lowest BCUT2D eigenvalue weighted by Gasteiger charge is -2.33. The van der Waals surface area contributed by atoms with Gasteiger partial charge in [-0.25, -0.2) is 0 Å². The van der Waals surface area contributed by atoms with Gasteiger partial charge in [0, 0.05) is 19.6 Å². The third-order valence-electron chi connectivity index (χ3n) is 4.99. The van der Waals surface area contributed by atoms with Crippen LogP contribution in [0.2, 0.25) is 0 Å². The fourth-order valence-electron chi connectivity index (χ4n) is 3.28. The Morgan fingerprint density at radius 2 is 2.08 bits per heavy atom. The molecule has 0 aromatic heterocycles. The highest BCUT2D eigenvalue weighted by atomic mass is 16.3. The number of β-amino-alcohol motifs (C(OH)–C–C–N with tert-alkyl or cyclic N) is 1. The molecule has 2 N–H and O–H groups in total. The van der Waals surface area contributed by atoms with Crippen LogP contribution < -0.4 is 5.32 Å². The van der Waals surface area contributed by atoms with Gasteiger partial charge in [-0.1, -0.05) is 12.1 Å². The highest BCUT2D eigenvalue weighted by Gasteiger charge is 2.28. The second kappa shape index (κ2) is 7.78. The largest absolute Gasteiger partial charge is 0.387 e. The molecule has 1 heterocycles. The molecule has 2 atom stereocenters. The first-order valence-electron chi connectivity index (χ1n) is 8.84. The fourth-order valence-corrected chi connectivity index (χ4v) is 3.28. The standard InChI is InChI=1S/C19H25N3O2/c20-10-14-5-7-16(8-6-14)18(23)13-22-9-1-2-17(12-22)19(24)21-11-15-3-4-15/h5-8,15,17-18,23H,1-4,9,11-13H2,(H,21,24). The van der Waals surface area contributed by atoms with Gasteiger partial charge in [0.05, 0.1) is 23.7 Å². The van der Waals surface area contributed by atoms with E-state index in [9.17, 15) is 9.90 Å². The SMILES string of the molecule is N#Cc1ccc(C(O)CN2CCCC(C(=O)NCC3CC3)C2)cc1. The van der Waals surface area contributed by atoms with Crippen LogP contribution in [-0.2, 0) is 4.79 Å². The van der Waals surface area contributed by atoms with Gasteiger partial charge >= 0.3 is 0 Å². The van der Waals surface area contributed by atoms with E-state index in [4.69, 9.17) is 5.26 Å². The Morgan fingerprint density at radius 3 is 2.75 bits per heavy atom. The fraction of sp³-hybridized carbons (Fsp3) is 0.579. The number of rotatable bonds is 6. The minimum Gasteiger partial charge on any atom is -0.387 e. The molecule has 0 spiro atoms. The molecule has 5 heteroatoms. The number of carbonyl (C=O) groups is 1. The van der Waals surface area contributed by atoms with Gasteiger partial charge in [0.2, 0.25) is 5.91 Å². The molecule has 1 aliphatic carbocycles. The van der Waals surface area contributed by atoms with Gasteiger partial charge in [-0.15, -0.1) is 0 Å². The predicted octanol–water partition coefficient (Wildman–Crippen LogP) is 1.83. The molecule has 0 radical (unpaired) electrons. The van der Waals surface area contributed by atoms with Crippen molar-refractivity contribution in [2.45, 2.75) is 31.8 Å². The first-order chi connectivity index (χ1) is 11.7. The molecule has 2 fully saturated rings. The number of hydrogen-bond acceptors (Lipinski definition) is 4. The number of nitriles is 1. The summed E-state index contributed by atoms with van der Waals surface area (Å²) < 4.78 is 0. The van der Waals surface area contributed by atoms with Crippen molar-refractivity contribution < 1.29 is 9.90 Å². The van der Waals surface area contributed by atoms with Crippen molar-refractivity contribution in [3.8, 4) is 6.07 Å². The molecule has 3 rings (SSSR count). The van der Waals surface area contributed by atoms with Crippen molar-refractivity contribution in [2.75, 3.05) is 26.2 Å². The molecule has 2 aliphatic rings. The summed E-state index contributed by atoms with van der Waals surface area (Å²) in [5, 5.41) is 22.3. The Hall–Kier alpha value is -1.90. The molecule has 128 valence electrons. The average Bonchev–Trinajstić information content (AvgIpc) is 3.44. The molecular weight excluding hydrogens is 302 g/mol. The van der Waals surface area contributed by atoms with E-state index >= 15 is 0 Å². The van der Waals surface area contributed by atoms with E-state index in [0.29, 0.717) is 24.6 Å². The van der Waals surface area contributed by atoms with Crippen LogP contribution >= 0.6 is 0 Å². The number of aliphatic hydroxyl groups is 1. The number of nitrogens with zero attached hydrogens (tertiary/aromatic N) is 2. The summed E-state index contributed by atoms with van der Waals surface area (Å²) in [6, 6.07) is 9.13. The van der Waals surface area contributed by atoms with Gasteiger partial charge in [0.15, 0.2) is 0 Å². The van der Waals surface area contributed by atoms with E-state index in [0.717, 1.165) is 31.5 Å². The molecule has 0 bridgehead atoms. The van der Waals surface area contributed by atoms with E-state index < -0.39 is 6.10 Å². The molecule has 1 aromatic carbocycles. The molecule has 5 nitrogen and oxygen atoms in total. The van der Waals surface area contributed by atoms with Crippen molar-refractivity contribution in [2.24, 2.45) is 11.8 Å². The lowest BCUT2D eigenvalue weighted by Crippen LogP contribution is -2.44. The summed E-state index contributed by atoms with van der Waals surface area (Å²) >= 11 is 0. The minimum atomic E-state index is -0.592. The van der Waals surface area contributed by atoms with E-state index in [1.54, 1.807) is 24.3 Å². The van der Waals surface area contributed by atoms with Crippen LogP contribution in [0.25, 0.3) is 0 Å². The van der Waals surface area contributed by atoms with Crippen LogP contribution in [-0.4, -0.2) is 42.1 Å². The third kappa shape index (κ3) is 4.56. The second-order valence-electron chi connectivity index (χ2n) is 7.04. The van der Waals surface area contributed by atoms with Gasteiger partial charge in [0.25, 0.3) is 0 Å². The molecule has 24 heavy (non-hydrogen) atoms. The number of amides is 1. The highest BCUT2D eigenvalue weighted by molar-refractivity contribution is 5.79. The summed E-state index contributed by atoms with van der Waals surface area (Å²) in [6.07, 6.45) is 3.81. The number of likely N-dealkylation sites (tertiary alicyclic amines) is 1. The number of carbonyl (C=O) groups excluding carboxylic acids is 1. The van der Waals surface area contributed by atoms with Crippen LogP contribution in [0.1, 0.15) is 42.9 Å². The normalized spacial score (nSPS) is 22.6. The van der Waals surface area contributed by atoms with E-state index in [1.807, 2.05) is 0 Å². The van der Waals surface area contributed by atoms with Crippen LogP contribution in [0, 0.1) is 23.2 Å². The van der Waals surface area contributed by atoms with Crippen molar-refractivity contribution in [3.05, 3.63) is 35.4 Å². The minimum absolute atomic E-state index is 0.0330. The predicted molar refractivity (Wildman–Crippen MR) is 91.0 cm³/mol. The lowest BCUT2D eigenvalue weighted by molar-refractivity contribution is -0.127. The maximum Gasteiger partial charge on any atom is 0.224 e. The van der Waals surface area contributed by atoms with Crippen LogP contribution in [0.15, 0.2) is 24.3 Å². The van der Waals surface area contributed by atoms with Crippen LogP contribution in [0.5, 0.6) is 0 Å². The van der Waals surface area contributed by atoms with Crippen LogP contribution in [0.4, 0.5) is 0 Å². The average molecular weight is 327 g/mol. The molecule has 2 unspecified atom stereocenters. The zero-order valence-electron chi connectivity index (χ0n) is 13.9. The van der Waals surface area contributed by atoms with E-state index in [1.165, 1.54) is 12.8 Å². The highest BCUT2D eigenvalue weighted by Crippen LogP contribution is 2.28. The molecule has 1 amide bonds. The maximum atomic E-state index is 12.3. The summed E-state index contributed by atoms with van der Waals surface area (Å²) in [7, 11) is 0. The Morgan fingerprint density at radius 1 is 1.33 bits per heavy atom. The van der Waals surface area contributed by atoms with Gasteiger partial charge in [-0.3, -0.25) is 9.69 Å². The summed E-state index contributed by atoms with van der Waals surface area (Å²) in [5.74, 6) is 0.900. The quantitative estimate of drug-likeness (QED) is 0.836. The third-order valence-corrected chi connectivity index (χ3v) is 4.99. The Balaban J connectivity index is 1.50. The summed E-state index contributed by atoms with van der Waals surface area (Å²) in [6.45, 7) is 2.98. The Kier molecular flexibility index (Phi) is 5.49. The van der Waals surface area contributed by atoms with Gasteiger partial charge < -0.3 is 10.4 Å². The van der Waals surface area contributed by atoms with Gasteiger partial charge in [-0.2, -0.15) is 5.26 Å². The smallest absolute Gasteiger partial charge is 0.224 e. The van der Waals surface area contributed by atoms with Crippen LogP contribution in [0.3, 0.4) is 0 Å². The van der Waals surface area contributed by atoms with E-state index in [2.05, 4.69) is 16.3 Å². The molecule has 1 saturated heterocycles. The molecular formula is C19H25N3O2.